The minimum Gasteiger partial charge on any atom is -0.468 e. The first-order valence-electron chi connectivity index (χ1n) is 16.0. The molecule has 2 aliphatic rings. The monoisotopic (exact) mass is 656 g/mol. The molecule has 2 atom stereocenters. The maximum atomic E-state index is 13.3. The molecule has 0 radical (unpaired) electrons. The van der Waals surface area contributed by atoms with Crippen LogP contribution in [0.5, 0.6) is 0 Å². The molecule has 0 amide bonds. The topological polar surface area (TPSA) is 142 Å². The summed E-state index contributed by atoms with van der Waals surface area (Å²) in [5.74, 6) is -2.07. The molecule has 2 aromatic carbocycles. The van der Waals surface area contributed by atoms with Crippen molar-refractivity contribution in [1.82, 2.24) is 0 Å². The first kappa shape index (κ1) is 34.0. The lowest BCUT2D eigenvalue weighted by Gasteiger charge is -2.34. The van der Waals surface area contributed by atoms with Crippen molar-refractivity contribution in [2.75, 3.05) is 37.1 Å². The Morgan fingerprint density at radius 2 is 1.10 bits per heavy atom. The van der Waals surface area contributed by atoms with Gasteiger partial charge < -0.3 is 34.0 Å². The highest BCUT2D eigenvalue weighted by Crippen LogP contribution is 2.43. The maximum absolute atomic E-state index is 13.3. The molecule has 3 heterocycles. The number of fused-ring (bicyclic) bond motifs is 2. The summed E-state index contributed by atoms with van der Waals surface area (Å²) in [6.07, 6.45) is 4.66. The van der Waals surface area contributed by atoms with E-state index in [1.165, 1.54) is 0 Å². The highest BCUT2D eigenvalue weighted by atomic mass is 16.5. The van der Waals surface area contributed by atoms with Gasteiger partial charge >= 0.3 is 23.9 Å². The second kappa shape index (κ2) is 13.8. The molecule has 0 fully saturated rings. The molecule has 11 nitrogen and oxygen atoms in total. The van der Waals surface area contributed by atoms with Crippen LogP contribution in [0.25, 0.3) is 11.1 Å². The zero-order valence-corrected chi connectivity index (χ0v) is 27.9. The molecule has 2 unspecified atom stereocenters. The third-order valence-corrected chi connectivity index (χ3v) is 8.21. The number of ether oxygens (including phenoxy) is 4. The second-order valence-corrected chi connectivity index (χ2v) is 11.7. The average molecular weight is 657 g/mol. The van der Waals surface area contributed by atoms with Crippen molar-refractivity contribution in [3.63, 3.8) is 0 Å². The van der Waals surface area contributed by atoms with E-state index in [-0.39, 0.29) is 37.6 Å². The van der Waals surface area contributed by atoms with E-state index >= 15 is 0 Å². The Kier molecular flexibility index (Phi) is 9.79. The Morgan fingerprint density at radius 3 is 1.48 bits per heavy atom. The predicted octanol–water partition coefficient (Wildman–Crippen LogP) is 5.85. The summed E-state index contributed by atoms with van der Waals surface area (Å²) in [5, 5.41) is 6.47. The minimum atomic E-state index is -1.30. The van der Waals surface area contributed by atoms with Gasteiger partial charge in [-0.2, -0.15) is 0 Å². The van der Waals surface area contributed by atoms with Crippen LogP contribution >= 0.6 is 0 Å². The van der Waals surface area contributed by atoms with Gasteiger partial charge in [-0.1, -0.05) is 12.1 Å². The maximum Gasteiger partial charge on any atom is 0.338 e. The molecule has 5 rings (SSSR count). The van der Waals surface area contributed by atoms with Crippen LogP contribution in [0.15, 0.2) is 71.4 Å². The number of furan rings is 1. The molecule has 2 N–H and O–H groups in total. The molecule has 0 spiro atoms. The van der Waals surface area contributed by atoms with Crippen molar-refractivity contribution in [3.8, 4) is 0 Å². The minimum absolute atomic E-state index is 0.151. The van der Waals surface area contributed by atoms with Crippen molar-refractivity contribution in [1.29, 1.82) is 0 Å². The summed E-state index contributed by atoms with van der Waals surface area (Å²) in [6, 6.07) is 14.7. The van der Waals surface area contributed by atoms with Crippen LogP contribution < -0.4 is 10.6 Å². The van der Waals surface area contributed by atoms with Gasteiger partial charge in [0.05, 0.1) is 49.8 Å². The predicted molar refractivity (Wildman–Crippen MR) is 179 cm³/mol. The number of hydrogen-bond donors (Lipinski definition) is 2. The van der Waals surface area contributed by atoms with E-state index in [1.807, 2.05) is 30.3 Å². The van der Waals surface area contributed by atoms with Crippen LogP contribution in [0.4, 0.5) is 11.4 Å². The van der Waals surface area contributed by atoms with Gasteiger partial charge in [0.1, 0.15) is 5.76 Å². The fourth-order valence-corrected chi connectivity index (χ4v) is 6.02. The van der Waals surface area contributed by atoms with Crippen molar-refractivity contribution in [2.45, 2.75) is 58.5 Å². The fourth-order valence-electron chi connectivity index (χ4n) is 6.02. The Balaban J connectivity index is 1.64. The summed E-state index contributed by atoms with van der Waals surface area (Å²) in [6.45, 7) is 10.8. The van der Waals surface area contributed by atoms with Crippen LogP contribution in [-0.4, -0.2) is 61.4 Å². The van der Waals surface area contributed by atoms with Gasteiger partial charge in [0.15, 0.2) is 11.1 Å². The molecule has 48 heavy (non-hydrogen) atoms. The standard InChI is InChI=1S/C37H40N2O9/c1-7-44-32(40)26-20-36(5,34(42)46-9-3)38-28-15-13-22(18-24(26)28)31(30-12-11-17-48-30)23-14-16-29-25(19-23)27(33(41)45-8-2)21-37(6,39-29)35(43)47-10-4/h11-21,31,38-39H,7-10H2,1-6H3. The fraction of sp³-hybridized carbons (Fsp3) is 0.351. The Bertz CT molecular complexity index is 1680. The van der Waals surface area contributed by atoms with Crippen molar-refractivity contribution in [3.05, 3.63) is 95.0 Å². The molecule has 252 valence electrons. The molecular formula is C37H40N2O9. The molecule has 0 saturated heterocycles. The summed E-state index contributed by atoms with van der Waals surface area (Å²) in [4.78, 5) is 52.5. The molecule has 1 aromatic heterocycles. The number of hydrogen-bond acceptors (Lipinski definition) is 11. The van der Waals surface area contributed by atoms with E-state index in [4.69, 9.17) is 23.4 Å². The van der Waals surface area contributed by atoms with Gasteiger partial charge in [0, 0.05) is 22.5 Å². The van der Waals surface area contributed by atoms with Crippen LogP contribution in [0.1, 0.15) is 75.5 Å². The first-order valence-corrected chi connectivity index (χ1v) is 16.0. The number of nitrogens with one attached hydrogen (secondary N) is 2. The first-order chi connectivity index (χ1) is 23.0. The molecule has 3 aromatic rings. The van der Waals surface area contributed by atoms with Gasteiger partial charge in [0.25, 0.3) is 0 Å². The van der Waals surface area contributed by atoms with E-state index in [2.05, 4.69) is 10.6 Å². The van der Waals surface area contributed by atoms with Crippen molar-refractivity contribution in [2.24, 2.45) is 0 Å². The van der Waals surface area contributed by atoms with Gasteiger partial charge in [-0.15, -0.1) is 0 Å². The smallest absolute Gasteiger partial charge is 0.338 e. The third-order valence-electron chi connectivity index (χ3n) is 8.21. The lowest BCUT2D eigenvalue weighted by Crippen LogP contribution is -2.45. The van der Waals surface area contributed by atoms with Crippen LogP contribution in [0.2, 0.25) is 0 Å². The second-order valence-electron chi connectivity index (χ2n) is 11.7. The summed E-state index contributed by atoms with van der Waals surface area (Å²) >= 11 is 0. The van der Waals surface area contributed by atoms with E-state index in [0.29, 0.717) is 28.3 Å². The number of carbonyl (C=O) groups is 4. The molecular weight excluding hydrogens is 616 g/mol. The molecule has 11 heteroatoms. The lowest BCUT2D eigenvalue weighted by atomic mass is 9.82. The van der Waals surface area contributed by atoms with E-state index in [0.717, 1.165) is 11.1 Å². The zero-order chi connectivity index (χ0) is 34.6. The summed E-state index contributed by atoms with van der Waals surface area (Å²) in [7, 11) is 0. The van der Waals surface area contributed by atoms with Crippen molar-refractivity contribution < 1.29 is 42.5 Å². The van der Waals surface area contributed by atoms with E-state index < -0.39 is 40.9 Å². The number of carbonyl (C=O) groups excluding carboxylic acids is 4. The zero-order valence-electron chi connectivity index (χ0n) is 27.9. The lowest BCUT2D eigenvalue weighted by molar-refractivity contribution is -0.147. The number of rotatable bonds is 11. The SMILES string of the molecule is CCOC(=O)C1=CC(C)(C(=O)OCC)Nc2ccc(C(c3ccc4c(c3)C(C(=O)OCC)=CC(C)(C(=O)OCC)N4)c3ccco3)cc21. The highest BCUT2D eigenvalue weighted by molar-refractivity contribution is 6.21. The number of benzene rings is 2. The molecule has 2 aliphatic heterocycles. The van der Waals surface area contributed by atoms with Gasteiger partial charge in [-0.3, -0.25) is 0 Å². The Morgan fingerprint density at radius 1 is 0.667 bits per heavy atom. The van der Waals surface area contributed by atoms with Gasteiger partial charge in [-0.25, -0.2) is 19.2 Å². The van der Waals surface area contributed by atoms with E-state index in [9.17, 15) is 19.2 Å². The summed E-state index contributed by atoms with van der Waals surface area (Å²) in [5.41, 5.74) is 1.57. The number of esters is 4. The molecule has 0 aliphatic carbocycles. The van der Waals surface area contributed by atoms with E-state index in [1.54, 1.807) is 78.2 Å². The Labute approximate surface area is 279 Å². The van der Waals surface area contributed by atoms with Crippen LogP contribution in [0.3, 0.4) is 0 Å². The van der Waals surface area contributed by atoms with Crippen LogP contribution in [0, 0.1) is 0 Å². The summed E-state index contributed by atoms with van der Waals surface area (Å²) < 4.78 is 27.3. The Hall–Kier alpha value is -5.32. The largest absolute Gasteiger partial charge is 0.468 e. The quantitative estimate of drug-likeness (QED) is 0.190. The normalized spacial score (nSPS) is 20.0. The molecule has 0 saturated carbocycles. The van der Waals surface area contributed by atoms with Crippen molar-refractivity contribution >= 4 is 46.4 Å². The van der Waals surface area contributed by atoms with Gasteiger partial charge in [0.2, 0.25) is 0 Å². The average Bonchev–Trinajstić information content (AvgIpc) is 3.59. The highest BCUT2D eigenvalue weighted by Gasteiger charge is 2.41. The van der Waals surface area contributed by atoms with Crippen LogP contribution in [-0.2, 0) is 38.1 Å². The number of anilines is 2. The molecule has 0 bridgehead atoms. The van der Waals surface area contributed by atoms with Gasteiger partial charge in [-0.05, 0) is 101 Å². The third kappa shape index (κ3) is 6.45.